The predicted octanol–water partition coefficient (Wildman–Crippen LogP) is -0.188. The molecule has 0 atom stereocenters. The molecule has 1 aromatic rings. The number of rotatable bonds is 1. The van der Waals surface area contributed by atoms with Crippen molar-refractivity contribution in [2.75, 3.05) is 5.23 Å². The van der Waals surface area contributed by atoms with E-state index in [9.17, 15) is 18.4 Å². The molecular weight excluding hydrogens is 224 g/mol. The molecule has 0 unspecified atom stereocenters. The number of amides is 1. The topological polar surface area (TPSA) is 110 Å². The van der Waals surface area contributed by atoms with E-state index in [0.29, 0.717) is 0 Å². The monoisotopic (exact) mass is 229 g/mol. The van der Waals surface area contributed by atoms with Crippen LogP contribution in [0.15, 0.2) is 23.1 Å². The van der Waals surface area contributed by atoms with Crippen molar-refractivity contribution in [3.63, 3.8) is 0 Å². The first-order valence-electron chi connectivity index (χ1n) is 3.80. The summed E-state index contributed by atoms with van der Waals surface area (Å²) < 4.78 is 24.5. The van der Waals surface area contributed by atoms with Crippen molar-refractivity contribution in [2.24, 2.45) is 0 Å². The highest BCUT2D eigenvalue weighted by molar-refractivity contribution is 7.90. The normalized spacial score (nSPS) is 17.1. The molecule has 1 aliphatic rings. The summed E-state index contributed by atoms with van der Waals surface area (Å²) in [6.45, 7) is 0. The second kappa shape index (κ2) is 2.92. The molecule has 0 aromatic heterocycles. The lowest BCUT2D eigenvalue weighted by Gasteiger charge is -2.23. The van der Waals surface area contributed by atoms with Gasteiger partial charge in [0.15, 0.2) is 0 Å². The molecule has 80 valence electrons. The maximum absolute atomic E-state index is 11.4. The number of fused-ring (bicyclic) bond motifs is 1. The molecule has 0 bridgehead atoms. The molecule has 2 N–H and O–H groups in total. The first-order chi connectivity index (χ1) is 6.93. The van der Waals surface area contributed by atoms with Gasteiger partial charge in [-0.2, -0.15) is 0 Å². The fourth-order valence-electron chi connectivity index (χ4n) is 1.36. The van der Waals surface area contributed by atoms with Crippen molar-refractivity contribution in [3.8, 4) is 0 Å². The number of hydrogen-bond acceptors (Lipinski definition) is 6. The molecule has 0 radical (unpaired) electrons. The van der Waals surface area contributed by atoms with Crippen LogP contribution in [0.4, 0.5) is 5.69 Å². The zero-order chi connectivity index (χ0) is 11.2. The van der Waals surface area contributed by atoms with Gasteiger partial charge in [0, 0.05) is 0 Å². The second-order valence-corrected chi connectivity index (χ2v) is 4.48. The summed E-state index contributed by atoms with van der Waals surface area (Å²) in [6, 6.07) is 3.65. The molecule has 8 heteroatoms. The molecule has 0 aliphatic carbocycles. The summed E-state index contributed by atoms with van der Waals surface area (Å²) in [6.07, 6.45) is 0. The Hall–Kier alpha value is -1.64. The summed E-state index contributed by atoms with van der Waals surface area (Å²) in [7, 11) is -4.03. The van der Waals surface area contributed by atoms with Crippen molar-refractivity contribution in [3.05, 3.63) is 29.0 Å². The van der Waals surface area contributed by atoms with E-state index in [1.54, 1.807) is 4.72 Å². The molecular formula is C7H5N2O5S-. The lowest BCUT2D eigenvalue weighted by molar-refractivity contribution is 0.0985. The third-order valence-corrected chi connectivity index (χ3v) is 3.36. The summed E-state index contributed by atoms with van der Waals surface area (Å²) in [5.74, 6) is -0.811. The van der Waals surface area contributed by atoms with Crippen LogP contribution < -0.4 is 9.95 Å². The first-order valence-corrected chi connectivity index (χ1v) is 5.28. The van der Waals surface area contributed by atoms with Gasteiger partial charge in [0.2, 0.25) is 0 Å². The van der Waals surface area contributed by atoms with Crippen LogP contribution in [0.2, 0.25) is 0 Å². The van der Waals surface area contributed by atoms with Crippen molar-refractivity contribution >= 4 is 21.6 Å². The highest BCUT2D eigenvalue weighted by Gasteiger charge is 2.35. The molecule has 0 fully saturated rings. The molecule has 1 heterocycles. The minimum Gasteiger partial charge on any atom is -0.733 e. The van der Waals surface area contributed by atoms with Crippen LogP contribution in [0.1, 0.15) is 10.4 Å². The van der Waals surface area contributed by atoms with E-state index in [4.69, 9.17) is 5.21 Å². The minimum atomic E-state index is -4.03. The summed E-state index contributed by atoms with van der Waals surface area (Å²) >= 11 is 0. The van der Waals surface area contributed by atoms with Crippen LogP contribution in [0.3, 0.4) is 0 Å². The Bertz CT molecular complexity index is 536. The standard InChI is InChI=1S/C7H5N2O5S/c10-7-4-2-1-3-5(9(11)12)6(4)15(13,14)8-7/h1-3,11H,(H,8,10)/q-1. The lowest BCUT2D eigenvalue weighted by Crippen LogP contribution is -2.21. The van der Waals surface area contributed by atoms with Crippen LogP contribution >= 0.6 is 0 Å². The highest BCUT2D eigenvalue weighted by Crippen LogP contribution is 2.31. The van der Waals surface area contributed by atoms with E-state index in [1.807, 2.05) is 0 Å². The van der Waals surface area contributed by atoms with Crippen LogP contribution in [-0.2, 0) is 10.0 Å². The number of carbonyl (C=O) groups excluding carboxylic acids is 1. The van der Waals surface area contributed by atoms with Crippen LogP contribution in [0, 0.1) is 5.21 Å². The fourth-order valence-corrected chi connectivity index (χ4v) is 2.69. The number of nitrogens with zero attached hydrogens (tertiary/aromatic N) is 1. The smallest absolute Gasteiger partial charge is 0.267 e. The zero-order valence-electron chi connectivity index (χ0n) is 7.17. The SMILES string of the molecule is O=C1NS(=O)(=O)c2c1cccc2N([O-])O. The Kier molecular flexibility index (Phi) is 1.93. The van der Waals surface area contributed by atoms with Gasteiger partial charge in [0.05, 0.1) is 11.3 Å². The van der Waals surface area contributed by atoms with Crippen LogP contribution in [-0.4, -0.2) is 19.5 Å². The van der Waals surface area contributed by atoms with Gasteiger partial charge in [-0.05, 0) is 12.1 Å². The zero-order valence-corrected chi connectivity index (χ0v) is 7.98. The minimum absolute atomic E-state index is 0.151. The van der Waals surface area contributed by atoms with Gasteiger partial charge >= 0.3 is 0 Å². The van der Waals surface area contributed by atoms with Gasteiger partial charge in [-0.25, -0.2) is 13.1 Å². The number of benzene rings is 1. The molecule has 2 rings (SSSR count). The number of carbonyl (C=O) groups is 1. The third-order valence-electron chi connectivity index (χ3n) is 1.94. The predicted molar refractivity (Wildman–Crippen MR) is 48.7 cm³/mol. The van der Waals surface area contributed by atoms with Crippen LogP contribution in [0.5, 0.6) is 0 Å². The maximum Gasteiger partial charge on any atom is 0.267 e. The number of hydrogen-bond donors (Lipinski definition) is 2. The highest BCUT2D eigenvalue weighted by atomic mass is 32.2. The van der Waals surface area contributed by atoms with E-state index < -0.39 is 31.7 Å². The van der Waals surface area contributed by atoms with E-state index in [-0.39, 0.29) is 5.56 Å². The molecule has 1 aromatic carbocycles. The second-order valence-electron chi connectivity index (χ2n) is 2.86. The maximum atomic E-state index is 11.4. The van der Waals surface area contributed by atoms with E-state index in [0.717, 1.165) is 6.07 Å². The Labute approximate surface area is 84.5 Å². The number of nitrogens with one attached hydrogen (secondary N) is 1. The van der Waals surface area contributed by atoms with Crippen LogP contribution in [0.25, 0.3) is 0 Å². The quantitative estimate of drug-likeness (QED) is 0.646. The summed E-state index contributed by atoms with van der Waals surface area (Å²) in [5, 5.41) is 18.8. The van der Waals surface area contributed by atoms with Gasteiger partial charge in [-0.1, -0.05) is 6.07 Å². The van der Waals surface area contributed by atoms with Crippen molar-refractivity contribution in [2.45, 2.75) is 4.90 Å². The van der Waals surface area contributed by atoms with E-state index in [1.165, 1.54) is 12.1 Å². The first kappa shape index (κ1) is 9.90. The van der Waals surface area contributed by atoms with Crippen molar-refractivity contribution in [1.29, 1.82) is 0 Å². The fraction of sp³-hybridized carbons (Fsp3) is 0. The number of anilines is 1. The Morgan fingerprint density at radius 3 is 2.67 bits per heavy atom. The molecule has 7 nitrogen and oxygen atoms in total. The van der Waals surface area contributed by atoms with Gasteiger partial charge in [0.25, 0.3) is 15.9 Å². The van der Waals surface area contributed by atoms with E-state index >= 15 is 0 Å². The van der Waals surface area contributed by atoms with Gasteiger partial charge in [-0.3, -0.25) is 10.0 Å². The van der Waals surface area contributed by atoms with E-state index in [2.05, 4.69) is 0 Å². The van der Waals surface area contributed by atoms with Crippen molar-refractivity contribution < 1.29 is 18.4 Å². The van der Waals surface area contributed by atoms with Crippen molar-refractivity contribution in [1.82, 2.24) is 4.72 Å². The molecule has 1 aliphatic heterocycles. The summed E-state index contributed by atoms with van der Waals surface area (Å²) in [5.41, 5.74) is -0.631. The van der Waals surface area contributed by atoms with Gasteiger partial charge < -0.3 is 10.4 Å². The third kappa shape index (κ3) is 1.35. The molecule has 0 spiro atoms. The Morgan fingerprint density at radius 1 is 1.40 bits per heavy atom. The van der Waals surface area contributed by atoms with Gasteiger partial charge in [-0.15, -0.1) is 0 Å². The molecule has 0 saturated heterocycles. The molecule has 15 heavy (non-hydrogen) atoms. The largest absolute Gasteiger partial charge is 0.733 e. The number of sulfonamides is 1. The Balaban J connectivity index is 2.81. The van der Waals surface area contributed by atoms with Gasteiger partial charge in [0.1, 0.15) is 4.90 Å². The average molecular weight is 229 g/mol. The Morgan fingerprint density at radius 2 is 2.07 bits per heavy atom. The lowest BCUT2D eigenvalue weighted by atomic mass is 10.2. The summed E-state index contributed by atoms with van der Waals surface area (Å²) in [4.78, 5) is 10.7. The average Bonchev–Trinajstić information content (AvgIpc) is 2.37. The molecule has 0 saturated carbocycles. The molecule has 1 amide bonds.